The first kappa shape index (κ1) is 44.9. The minimum Gasteiger partial charge on any atom is -0.462 e. The number of carbonyl (C=O) groups excluding carboxylic acids is 2. The highest BCUT2D eigenvalue weighted by atomic mass is 16.7. The summed E-state index contributed by atoms with van der Waals surface area (Å²) >= 11 is 0. The third-order valence-corrected chi connectivity index (χ3v) is 8.54. The zero-order chi connectivity index (χ0) is 36.0. The molecule has 1 saturated heterocycles. The first-order valence-electron chi connectivity index (χ1n) is 19.1. The zero-order valence-corrected chi connectivity index (χ0v) is 30.4. The molecule has 10 nitrogen and oxygen atoms in total. The van der Waals surface area contributed by atoms with E-state index >= 15 is 0 Å². The lowest BCUT2D eigenvalue weighted by Crippen LogP contribution is -2.59. The Kier molecular flexibility index (Phi) is 28.2. The smallest absolute Gasteiger partial charge is 0.306 e. The van der Waals surface area contributed by atoms with Gasteiger partial charge in [0.05, 0.1) is 13.2 Å². The number of hydrogen-bond acceptors (Lipinski definition) is 10. The first-order chi connectivity index (χ1) is 23.8. The van der Waals surface area contributed by atoms with Crippen LogP contribution in [-0.2, 0) is 28.5 Å². The maximum absolute atomic E-state index is 12.7. The fourth-order valence-corrected chi connectivity index (χ4v) is 5.49. The molecule has 1 aliphatic heterocycles. The summed E-state index contributed by atoms with van der Waals surface area (Å²) < 4.78 is 22.0. The lowest BCUT2D eigenvalue weighted by Gasteiger charge is -2.39. The first-order valence-corrected chi connectivity index (χ1v) is 19.1. The quantitative estimate of drug-likeness (QED) is 0.0360. The van der Waals surface area contributed by atoms with E-state index in [-0.39, 0.29) is 32.0 Å². The van der Waals surface area contributed by atoms with E-state index in [4.69, 9.17) is 18.9 Å². The van der Waals surface area contributed by atoms with Crippen molar-refractivity contribution < 1.29 is 49.0 Å². The molecule has 0 radical (unpaired) electrons. The Bertz CT molecular complexity index is 902. The Labute approximate surface area is 295 Å². The Morgan fingerprint density at radius 1 is 0.653 bits per heavy atom. The summed E-state index contributed by atoms with van der Waals surface area (Å²) in [5.74, 6) is -0.844. The number of allylic oxidation sites excluding steroid dienone is 6. The number of hydrogen-bond donors (Lipinski definition) is 4. The van der Waals surface area contributed by atoms with Gasteiger partial charge in [0.2, 0.25) is 0 Å². The van der Waals surface area contributed by atoms with Gasteiger partial charge in [-0.05, 0) is 44.9 Å². The van der Waals surface area contributed by atoms with Gasteiger partial charge in [0.25, 0.3) is 0 Å². The van der Waals surface area contributed by atoms with E-state index in [0.29, 0.717) is 6.42 Å². The second-order valence-corrected chi connectivity index (χ2v) is 13.0. The van der Waals surface area contributed by atoms with Crippen LogP contribution in [0.4, 0.5) is 0 Å². The van der Waals surface area contributed by atoms with Gasteiger partial charge in [-0.2, -0.15) is 0 Å². The SMILES string of the molecule is CC/C=C\C/C=C\C/C=C\CCCCCC(=O)OC(COC(=O)CCCCCCCCCCCCC)COC1OC(CO)C(O)C(O)C1O. The normalized spacial score (nSPS) is 22.0. The van der Waals surface area contributed by atoms with E-state index in [1.807, 2.05) is 0 Å². The molecule has 0 saturated carbocycles. The molecule has 0 amide bonds. The van der Waals surface area contributed by atoms with Gasteiger partial charge in [-0.25, -0.2) is 0 Å². The Morgan fingerprint density at radius 3 is 1.82 bits per heavy atom. The monoisotopic (exact) mass is 696 g/mol. The van der Waals surface area contributed by atoms with E-state index in [1.54, 1.807) is 0 Å². The second kappa shape index (κ2) is 30.7. The molecular formula is C39H68O10. The molecule has 1 rings (SSSR count). The topological polar surface area (TPSA) is 152 Å². The highest BCUT2D eigenvalue weighted by Gasteiger charge is 2.44. The van der Waals surface area contributed by atoms with Crippen molar-refractivity contribution >= 4 is 11.9 Å². The molecule has 0 aromatic carbocycles. The molecule has 0 bridgehead atoms. The van der Waals surface area contributed by atoms with Crippen molar-refractivity contribution in [3.63, 3.8) is 0 Å². The molecule has 6 unspecified atom stereocenters. The van der Waals surface area contributed by atoms with E-state index < -0.39 is 49.4 Å². The van der Waals surface area contributed by atoms with Crippen LogP contribution in [0.25, 0.3) is 0 Å². The maximum atomic E-state index is 12.7. The molecule has 0 aromatic heterocycles. The predicted molar refractivity (Wildman–Crippen MR) is 192 cm³/mol. The summed E-state index contributed by atoms with van der Waals surface area (Å²) in [6, 6.07) is 0. The Hall–Kier alpha value is -2.08. The fraction of sp³-hybridized carbons (Fsp3) is 0.795. The molecule has 1 aliphatic rings. The largest absolute Gasteiger partial charge is 0.462 e. The minimum atomic E-state index is -1.60. The number of unbranched alkanes of at least 4 members (excludes halogenated alkanes) is 13. The maximum Gasteiger partial charge on any atom is 0.306 e. The average Bonchev–Trinajstić information content (AvgIpc) is 3.10. The molecule has 1 heterocycles. The summed E-state index contributed by atoms with van der Waals surface area (Å²) in [6.07, 6.45) is 24.5. The van der Waals surface area contributed by atoms with Crippen molar-refractivity contribution in [3.8, 4) is 0 Å². The summed E-state index contributed by atoms with van der Waals surface area (Å²) in [4.78, 5) is 25.1. The standard InChI is InChI=1S/C39H68O10/c1-3-5-7-9-11-13-15-16-18-20-22-24-26-28-35(42)48-32(31-47-39-38(45)37(44)36(43)33(29-40)49-39)30-46-34(41)27-25-23-21-19-17-14-12-10-8-6-4-2/h5,7,11,13,16,18,32-33,36-40,43-45H,3-4,6,8-10,12,14-15,17,19-31H2,1-2H3/b7-5-,13-11-,18-16-. The Morgan fingerprint density at radius 2 is 1.20 bits per heavy atom. The van der Waals surface area contributed by atoms with Gasteiger partial charge in [-0.1, -0.05) is 121 Å². The van der Waals surface area contributed by atoms with Crippen LogP contribution in [0.3, 0.4) is 0 Å². The van der Waals surface area contributed by atoms with Crippen LogP contribution < -0.4 is 0 Å². The molecule has 1 fully saturated rings. The van der Waals surface area contributed by atoms with Gasteiger partial charge in [-0.15, -0.1) is 0 Å². The molecule has 49 heavy (non-hydrogen) atoms. The van der Waals surface area contributed by atoms with Crippen LogP contribution in [0.5, 0.6) is 0 Å². The lowest BCUT2D eigenvalue weighted by atomic mass is 9.99. The average molecular weight is 697 g/mol. The van der Waals surface area contributed by atoms with Crippen molar-refractivity contribution in [1.29, 1.82) is 0 Å². The highest BCUT2D eigenvalue weighted by molar-refractivity contribution is 5.70. The number of aliphatic hydroxyl groups excluding tert-OH is 4. The summed E-state index contributed by atoms with van der Waals surface area (Å²) in [5, 5.41) is 39.9. The van der Waals surface area contributed by atoms with Crippen LogP contribution in [0.15, 0.2) is 36.5 Å². The number of ether oxygens (including phenoxy) is 4. The van der Waals surface area contributed by atoms with Crippen molar-refractivity contribution in [2.75, 3.05) is 19.8 Å². The van der Waals surface area contributed by atoms with Crippen LogP contribution in [-0.4, -0.2) is 89.0 Å². The Balaban J connectivity index is 2.44. The van der Waals surface area contributed by atoms with Gasteiger partial charge >= 0.3 is 11.9 Å². The number of aliphatic hydroxyl groups is 4. The van der Waals surface area contributed by atoms with Crippen LogP contribution in [0.2, 0.25) is 0 Å². The van der Waals surface area contributed by atoms with Gasteiger partial charge in [0, 0.05) is 12.8 Å². The van der Waals surface area contributed by atoms with E-state index in [1.165, 1.54) is 51.4 Å². The lowest BCUT2D eigenvalue weighted by molar-refractivity contribution is -0.305. The molecule has 0 spiro atoms. The summed E-state index contributed by atoms with van der Waals surface area (Å²) in [5.41, 5.74) is 0. The molecule has 0 aliphatic carbocycles. The van der Waals surface area contributed by atoms with Crippen molar-refractivity contribution in [3.05, 3.63) is 36.5 Å². The van der Waals surface area contributed by atoms with Gasteiger partial charge in [-0.3, -0.25) is 9.59 Å². The van der Waals surface area contributed by atoms with E-state index in [2.05, 4.69) is 50.3 Å². The van der Waals surface area contributed by atoms with E-state index in [9.17, 15) is 30.0 Å². The van der Waals surface area contributed by atoms with Crippen molar-refractivity contribution in [1.82, 2.24) is 0 Å². The third-order valence-electron chi connectivity index (χ3n) is 8.54. The van der Waals surface area contributed by atoms with Gasteiger partial charge in [0.1, 0.15) is 31.0 Å². The van der Waals surface area contributed by atoms with Crippen LogP contribution in [0.1, 0.15) is 142 Å². The predicted octanol–water partition coefficient (Wildman–Crippen LogP) is 6.77. The van der Waals surface area contributed by atoms with Gasteiger partial charge < -0.3 is 39.4 Å². The summed E-state index contributed by atoms with van der Waals surface area (Å²) in [6.45, 7) is 3.24. The van der Waals surface area contributed by atoms with Crippen LogP contribution in [0, 0.1) is 0 Å². The van der Waals surface area contributed by atoms with Crippen LogP contribution >= 0.6 is 0 Å². The minimum absolute atomic E-state index is 0.195. The molecule has 0 aromatic rings. The molecule has 4 N–H and O–H groups in total. The number of esters is 2. The number of rotatable bonds is 30. The molecule has 284 valence electrons. The van der Waals surface area contributed by atoms with Crippen molar-refractivity contribution in [2.24, 2.45) is 0 Å². The second-order valence-electron chi connectivity index (χ2n) is 13.0. The number of carbonyl (C=O) groups is 2. The highest BCUT2D eigenvalue weighted by Crippen LogP contribution is 2.22. The third kappa shape index (κ3) is 23.1. The molecular weight excluding hydrogens is 628 g/mol. The molecule has 10 heteroatoms. The summed E-state index contributed by atoms with van der Waals surface area (Å²) in [7, 11) is 0. The van der Waals surface area contributed by atoms with Crippen molar-refractivity contribution in [2.45, 2.75) is 179 Å². The zero-order valence-electron chi connectivity index (χ0n) is 30.4. The molecule has 6 atom stereocenters. The van der Waals surface area contributed by atoms with E-state index in [0.717, 1.165) is 57.8 Å². The van der Waals surface area contributed by atoms with Gasteiger partial charge in [0.15, 0.2) is 12.4 Å². The fourth-order valence-electron chi connectivity index (χ4n) is 5.49.